The van der Waals surface area contributed by atoms with Gasteiger partial charge in [-0.3, -0.25) is 4.79 Å². The van der Waals surface area contributed by atoms with E-state index < -0.39 is 6.23 Å². The number of aliphatic hydroxyl groups excluding tert-OH is 1. The van der Waals surface area contributed by atoms with Crippen molar-refractivity contribution in [2.24, 2.45) is 5.92 Å². The van der Waals surface area contributed by atoms with Crippen molar-refractivity contribution in [3.8, 4) is 23.0 Å². The average molecular weight is 482 g/mol. The van der Waals surface area contributed by atoms with Gasteiger partial charge < -0.3 is 29.4 Å². The molecule has 4 N–H and O–H groups in total. The average Bonchev–Trinajstić information content (AvgIpc) is 3.26. The van der Waals surface area contributed by atoms with Crippen molar-refractivity contribution in [1.29, 1.82) is 0 Å². The van der Waals surface area contributed by atoms with Crippen LogP contribution in [-0.2, 0) is 4.79 Å². The molecule has 0 aromatic heterocycles. The van der Waals surface area contributed by atoms with Crippen molar-refractivity contribution < 1.29 is 28.8 Å². The van der Waals surface area contributed by atoms with E-state index in [0.717, 1.165) is 16.8 Å². The molecule has 2 aliphatic heterocycles. The Morgan fingerprint density at radius 3 is 2.37 bits per heavy atom. The van der Waals surface area contributed by atoms with Gasteiger partial charge in [0.2, 0.25) is 0 Å². The molecule has 2 heterocycles. The van der Waals surface area contributed by atoms with Crippen molar-refractivity contribution in [1.82, 2.24) is 16.2 Å². The lowest BCUT2D eigenvalue weighted by Gasteiger charge is -2.42. The molecule has 0 saturated carbocycles. The van der Waals surface area contributed by atoms with Gasteiger partial charge in [0.15, 0.2) is 28.8 Å². The molecule has 0 bridgehead atoms. The minimum absolute atomic E-state index is 0.0164. The lowest BCUT2D eigenvalue weighted by Crippen LogP contribution is -2.51. The maximum Gasteiger partial charge on any atom is 0.164 e. The number of fused-ring (bicyclic) bond motifs is 1. The van der Waals surface area contributed by atoms with E-state index in [1.165, 1.54) is 0 Å². The van der Waals surface area contributed by atoms with Crippen LogP contribution in [-0.4, -0.2) is 51.7 Å². The fraction of sp³-hybridized carbons (Fsp3) is 0.423. The van der Waals surface area contributed by atoms with Gasteiger partial charge in [-0.1, -0.05) is 18.2 Å². The highest BCUT2D eigenvalue weighted by molar-refractivity contribution is 5.99. The first-order valence-corrected chi connectivity index (χ1v) is 11.6. The van der Waals surface area contributed by atoms with E-state index in [9.17, 15) is 9.90 Å². The summed E-state index contributed by atoms with van der Waals surface area (Å²) in [6, 6.07) is 11.4. The summed E-state index contributed by atoms with van der Waals surface area (Å²) in [5.41, 5.74) is 9.47. The van der Waals surface area contributed by atoms with E-state index in [-0.39, 0.29) is 29.7 Å². The molecule has 2 aromatic carbocycles. The Morgan fingerprint density at radius 1 is 0.886 bits per heavy atom. The van der Waals surface area contributed by atoms with Crippen molar-refractivity contribution in [3.05, 3.63) is 58.8 Å². The Hall–Kier alpha value is -3.27. The van der Waals surface area contributed by atoms with Gasteiger partial charge in [-0.05, 0) is 36.1 Å². The standard InChI is InChI=1S/C26H31N3O6/c1-32-18-9-8-13(12-20(18)34-3)14-10-16-22(17(30)11-14)21(23-25(27-16)28-29-26(23)31)15-6-5-7-19(33-2)24(15)35-4/h5-9,12,14,21,23,25-29,31H,10-11H2,1-4H3/t14-,21-,23?,25?,26?/m1/s1. The third kappa shape index (κ3) is 3.89. The Labute approximate surface area is 204 Å². The van der Waals surface area contributed by atoms with Crippen LogP contribution >= 0.6 is 0 Å². The quantitative estimate of drug-likeness (QED) is 0.493. The second-order valence-electron chi connectivity index (χ2n) is 9.03. The molecule has 1 saturated heterocycles. The third-order valence-electron chi connectivity index (χ3n) is 7.32. The molecular weight excluding hydrogens is 450 g/mol. The number of hydrogen-bond acceptors (Lipinski definition) is 9. The lowest BCUT2D eigenvalue weighted by molar-refractivity contribution is -0.117. The van der Waals surface area contributed by atoms with Crippen molar-refractivity contribution in [3.63, 3.8) is 0 Å². The summed E-state index contributed by atoms with van der Waals surface area (Å²) in [5, 5.41) is 14.3. The molecular formula is C26H31N3O6. The number of methoxy groups -OCH3 is 4. The fourth-order valence-electron chi connectivity index (χ4n) is 5.73. The summed E-state index contributed by atoms with van der Waals surface area (Å²) in [7, 11) is 6.38. The van der Waals surface area contributed by atoms with Crippen molar-refractivity contribution >= 4 is 5.78 Å². The minimum Gasteiger partial charge on any atom is -0.493 e. The molecule has 35 heavy (non-hydrogen) atoms. The van der Waals surface area contributed by atoms with E-state index >= 15 is 0 Å². The summed E-state index contributed by atoms with van der Waals surface area (Å²) >= 11 is 0. The number of rotatable bonds is 6. The summed E-state index contributed by atoms with van der Waals surface area (Å²) in [6.07, 6.45) is -0.103. The molecule has 9 heteroatoms. The first-order chi connectivity index (χ1) is 17.0. The largest absolute Gasteiger partial charge is 0.493 e. The number of carbonyl (C=O) groups excluding carboxylic acids is 1. The highest BCUT2D eigenvalue weighted by atomic mass is 16.5. The SMILES string of the molecule is COc1ccc([C@H]2CC(=O)C3=C(C2)NC2NNC(O)C2[C@@H]3c2cccc(OC)c2OC)cc1OC. The molecule has 5 rings (SSSR count). The van der Waals surface area contributed by atoms with Crippen molar-refractivity contribution in [2.45, 2.75) is 37.1 Å². The topological polar surface area (TPSA) is 110 Å². The number of ether oxygens (including phenoxy) is 4. The zero-order valence-corrected chi connectivity index (χ0v) is 20.3. The zero-order chi connectivity index (χ0) is 24.7. The molecule has 0 amide bonds. The van der Waals surface area contributed by atoms with Gasteiger partial charge in [0, 0.05) is 35.1 Å². The van der Waals surface area contributed by atoms with Gasteiger partial charge in [0.1, 0.15) is 6.23 Å². The van der Waals surface area contributed by atoms with E-state index in [2.05, 4.69) is 16.2 Å². The normalized spacial score (nSPS) is 27.6. The first kappa shape index (κ1) is 23.5. The summed E-state index contributed by atoms with van der Waals surface area (Å²) in [6.45, 7) is 0. The Bertz CT molecular complexity index is 1170. The molecule has 1 aliphatic carbocycles. The molecule has 0 radical (unpaired) electrons. The summed E-state index contributed by atoms with van der Waals surface area (Å²) < 4.78 is 22.1. The predicted octanol–water partition coefficient (Wildman–Crippen LogP) is 2.18. The monoisotopic (exact) mass is 481 g/mol. The maximum atomic E-state index is 13.8. The molecule has 186 valence electrons. The number of nitrogens with one attached hydrogen (secondary N) is 3. The Balaban J connectivity index is 1.59. The van der Waals surface area contributed by atoms with Crippen LogP contribution in [0.5, 0.6) is 23.0 Å². The molecule has 9 nitrogen and oxygen atoms in total. The van der Waals surface area contributed by atoms with Crippen LogP contribution in [0.15, 0.2) is 47.7 Å². The fourth-order valence-corrected chi connectivity index (χ4v) is 5.73. The third-order valence-corrected chi connectivity index (χ3v) is 7.32. The predicted molar refractivity (Wildman–Crippen MR) is 129 cm³/mol. The minimum atomic E-state index is -0.848. The Kier molecular flexibility index (Phi) is 6.31. The van der Waals surface area contributed by atoms with Crippen LogP contribution in [0.2, 0.25) is 0 Å². The number of para-hydroxylation sites is 1. The number of Topliss-reactive ketones (excluding diaryl/α,β-unsaturated/α-hetero) is 1. The van der Waals surface area contributed by atoms with E-state index in [0.29, 0.717) is 41.4 Å². The number of carbonyl (C=O) groups is 1. The second-order valence-corrected chi connectivity index (χ2v) is 9.03. The van der Waals surface area contributed by atoms with Gasteiger partial charge >= 0.3 is 0 Å². The zero-order valence-electron chi connectivity index (χ0n) is 20.3. The first-order valence-electron chi connectivity index (χ1n) is 11.6. The van der Waals surface area contributed by atoms with Crippen LogP contribution in [0, 0.1) is 5.92 Å². The smallest absolute Gasteiger partial charge is 0.164 e. The van der Waals surface area contributed by atoms with Gasteiger partial charge in [-0.15, -0.1) is 0 Å². The van der Waals surface area contributed by atoms with Crippen LogP contribution in [0.4, 0.5) is 0 Å². The van der Waals surface area contributed by atoms with E-state index in [1.807, 2.05) is 36.4 Å². The molecule has 5 atom stereocenters. The van der Waals surface area contributed by atoms with Crippen LogP contribution in [0.3, 0.4) is 0 Å². The second kappa shape index (κ2) is 9.41. The van der Waals surface area contributed by atoms with E-state index in [1.54, 1.807) is 28.4 Å². The lowest BCUT2D eigenvalue weighted by atomic mass is 9.68. The van der Waals surface area contributed by atoms with Crippen LogP contribution < -0.4 is 35.1 Å². The molecule has 3 unspecified atom stereocenters. The molecule has 1 fully saturated rings. The number of hydrazine groups is 1. The highest BCUT2D eigenvalue weighted by Crippen LogP contribution is 2.51. The number of aliphatic hydroxyl groups is 1. The van der Waals surface area contributed by atoms with Gasteiger partial charge in [-0.2, -0.15) is 0 Å². The van der Waals surface area contributed by atoms with Crippen LogP contribution in [0.25, 0.3) is 0 Å². The summed E-state index contributed by atoms with van der Waals surface area (Å²) in [5.74, 6) is 1.77. The number of ketones is 1. The molecule has 3 aliphatic rings. The highest BCUT2D eigenvalue weighted by Gasteiger charge is 2.50. The molecule has 2 aromatic rings. The van der Waals surface area contributed by atoms with Gasteiger partial charge in [-0.25, -0.2) is 10.9 Å². The Morgan fingerprint density at radius 2 is 1.66 bits per heavy atom. The maximum absolute atomic E-state index is 13.8. The van der Waals surface area contributed by atoms with Gasteiger partial charge in [0.05, 0.1) is 34.6 Å². The number of hydrogen-bond donors (Lipinski definition) is 4. The van der Waals surface area contributed by atoms with Gasteiger partial charge in [0.25, 0.3) is 0 Å². The number of benzene rings is 2. The van der Waals surface area contributed by atoms with E-state index in [4.69, 9.17) is 18.9 Å². The van der Waals surface area contributed by atoms with Crippen molar-refractivity contribution in [2.75, 3.05) is 28.4 Å². The number of allylic oxidation sites excluding steroid dienone is 2. The van der Waals surface area contributed by atoms with Crippen LogP contribution in [0.1, 0.15) is 35.8 Å². The molecule has 0 spiro atoms. The summed E-state index contributed by atoms with van der Waals surface area (Å²) in [4.78, 5) is 13.8.